The maximum absolute atomic E-state index is 11.7. The molecule has 6 nitrogen and oxygen atoms in total. The Labute approximate surface area is 127 Å². The molecule has 2 amide bonds. The van der Waals surface area contributed by atoms with E-state index in [2.05, 4.69) is 22.6 Å². The molecule has 122 valence electrons. The number of aliphatic carboxylic acids is 1. The number of carbonyl (C=O) groups is 2. The van der Waals surface area contributed by atoms with Crippen molar-refractivity contribution in [3.63, 3.8) is 0 Å². The van der Waals surface area contributed by atoms with E-state index in [0.717, 1.165) is 19.5 Å². The Bertz CT molecular complexity index is 339. The normalized spacial score (nSPS) is 18.5. The topological polar surface area (TPSA) is 81.7 Å². The SMILES string of the molecule is CC(C)C(CNC(=O)NCCC1CCN(C)CC1)C(=O)O. The summed E-state index contributed by atoms with van der Waals surface area (Å²) in [6, 6.07) is -0.269. The van der Waals surface area contributed by atoms with Crippen LogP contribution < -0.4 is 10.6 Å². The molecular weight excluding hydrogens is 270 g/mol. The molecule has 1 rings (SSSR count). The summed E-state index contributed by atoms with van der Waals surface area (Å²) in [7, 11) is 2.13. The Hall–Kier alpha value is -1.30. The van der Waals surface area contributed by atoms with Crippen LogP contribution in [0.3, 0.4) is 0 Å². The maximum atomic E-state index is 11.7. The van der Waals surface area contributed by atoms with Gasteiger partial charge in [-0.25, -0.2) is 4.79 Å². The molecule has 1 fully saturated rings. The largest absolute Gasteiger partial charge is 0.481 e. The molecule has 0 radical (unpaired) electrons. The lowest BCUT2D eigenvalue weighted by atomic mass is 9.94. The molecule has 0 saturated carbocycles. The first-order chi connectivity index (χ1) is 9.90. The summed E-state index contributed by atoms with van der Waals surface area (Å²) >= 11 is 0. The number of carbonyl (C=O) groups excluding carboxylic acids is 1. The number of hydrogen-bond donors (Lipinski definition) is 3. The number of carboxylic acids is 1. The molecule has 1 aliphatic rings. The minimum absolute atomic E-state index is 0.00188. The van der Waals surface area contributed by atoms with E-state index >= 15 is 0 Å². The number of urea groups is 1. The van der Waals surface area contributed by atoms with E-state index in [4.69, 9.17) is 5.11 Å². The van der Waals surface area contributed by atoms with Gasteiger partial charge < -0.3 is 20.6 Å². The van der Waals surface area contributed by atoms with Crippen LogP contribution in [0.4, 0.5) is 4.79 Å². The molecule has 0 aromatic heterocycles. The van der Waals surface area contributed by atoms with Crippen molar-refractivity contribution in [3.05, 3.63) is 0 Å². The second-order valence-electron chi connectivity index (χ2n) is 6.36. The van der Waals surface area contributed by atoms with Gasteiger partial charge in [0.2, 0.25) is 0 Å². The average Bonchev–Trinajstić information content (AvgIpc) is 2.40. The zero-order valence-corrected chi connectivity index (χ0v) is 13.4. The molecule has 3 N–H and O–H groups in total. The van der Waals surface area contributed by atoms with Gasteiger partial charge in [-0.1, -0.05) is 13.8 Å². The van der Waals surface area contributed by atoms with Gasteiger partial charge in [0.05, 0.1) is 5.92 Å². The van der Waals surface area contributed by atoms with Gasteiger partial charge in [0.1, 0.15) is 0 Å². The molecule has 21 heavy (non-hydrogen) atoms. The van der Waals surface area contributed by atoms with Crippen LogP contribution in [-0.4, -0.2) is 55.2 Å². The lowest BCUT2D eigenvalue weighted by Gasteiger charge is -2.28. The number of hydrogen-bond acceptors (Lipinski definition) is 3. The smallest absolute Gasteiger partial charge is 0.314 e. The molecule has 0 spiro atoms. The first-order valence-corrected chi connectivity index (χ1v) is 7.83. The van der Waals surface area contributed by atoms with Crippen molar-refractivity contribution in [2.75, 3.05) is 33.2 Å². The van der Waals surface area contributed by atoms with Crippen LogP contribution in [0.15, 0.2) is 0 Å². The van der Waals surface area contributed by atoms with Crippen LogP contribution in [0.2, 0.25) is 0 Å². The summed E-state index contributed by atoms with van der Waals surface area (Å²) in [5, 5.41) is 14.5. The molecule has 1 heterocycles. The standard InChI is InChI=1S/C15H29N3O3/c1-11(2)13(14(19)20)10-17-15(21)16-7-4-12-5-8-18(3)9-6-12/h11-13H,4-10H2,1-3H3,(H,19,20)(H2,16,17,21). The Balaban J connectivity index is 2.15. The summed E-state index contributed by atoms with van der Waals surface area (Å²) < 4.78 is 0. The van der Waals surface area contributed by atoms with Crippen LogP contribution in [0.1, 0.15) is 33.1 Å². The lowest BCUT2D eigenvalue weighted by molar-refractivity contribution is -0.142. The Kier molecular flexibility index (Phi) is 7.50. The number of rotatable bonds is 7. The number of nitrogens with one attached hydrogen (secondary N) is 2. The van der Waals surface area contributed by atoms with Gasteiger partial charge in [-0.2, -0.15) is 0 Å². The van der Waals surface area contributed by atoms with Crippen molar-refractivity contribution in [2.45, 2.75) is 33.1 Å². The first kappa shape index (κ1) is 17.8. The number of nitrogens with zero attached hydrogens (tertiary/aromatic N) is 1. The van der Waals surface area contributed by atoms with E-state index in [0.29, 0.717) is 12.5 Å². The number of amides is 2. The number of piperidine rings is 1. The van der Waals surface area contributed by atoms with Gasteiger partial charge in [0.25, 0.3) is 0 Å². The Morgan fingerprint density at radius 2 is 1.86 bits per heavy atom. The van der Waals surface area contributed by atoms with Crippen LogP contribution in [0.5, 0.6) is 0 Å². The van der Waals surface area contributed by atoms with Crippen molar-refractivity contribution in [2.24, 2.45) is 17.8 Å². The molecule has 0 bridgehead atoms. The van der Waals surface area contributed by atoms with Crippen LogP contribution in [-0.2, 0) is 4.79 Å². The minimum atomic E-state index is -0.864. The predicted molar refractivity (Wildman–Crippen MR) is 82.2 cm³/mol. The van der Waals surface area contributed by atoms with E-state index in [9.17, 15) is 9.59 Å². The highest BCUT2D eigenvalue weighted by molar-refractivity contribution is 5.75. The molecule has 1 saturated heterocycles. The molecule has 1 aliphatic heterocycles. The van der Waals surface area contributed by atoms with Crippen molar-refractivity contribution >= 4 is 12.0 Å². The summed E-state index contributed by atoms with van der Waals surface area (Å²) in [6.45, 7) is 6.78. The van der Waals surface area contributed by atoms with Gasteiger partial charge >= 0.3 is 12.0 Å². The molecular formula is C15H29N3O3. The number of carboxylic acid groups (broad SMARTS) is 1. The molecule has 0 aromatic rings. The van der Waals surface area contributed by atoms with Crippen LogP contribution in [0.25, 0.3) is 0 Å². The zero-order valence-electron chi connectivity index (χ0n) is 13.4. The minimum Gasteiger partial charge on any atom is -0.481 e. The quantitative estimate of drug-likeness (QED) is 0.663. The van der Waals surface area contributed by atoms with E-state index in [1.54, 1.807) is 0 Å². The second kappa shape index (κ2) is 8.87. The number of likely N-dealkylation sites (tertiary alicyclic amines) is 1. The Morgan fingerprint density at radius 1 is 1.24 bits per heavy atom. The molecule has 1 unspecified atom stereocenters. The summed E-state index contributed by atoms with van der Waals surface area (Å²) in [6.07, 6.45) is 3.37. The van der Waals surface area contributed by atoms with Crippen molar-refractivity contribution in [3.8, 4) is 0 Å². The van der Waals surface area contributed by atoms with Crippen molar-refractivity contribution < 1.29 is 14.7 Å². The third-order valence-corrected chi connectivity index (χ3v) is 4.28. The van der Waals surface area contributed by atoms with Crippen molar-refractivity contribution in [1.82, 2.24) is 15.5 Å². The first-order valence-electron chi connectivity index (χ1n) is 7.83. The van der Waals surface area contributed by atoms with E-state index < -0.39 is 11.9 Å². The monoisotopic (exact) mass is 299 g/mol. The highest BCUT2D eigenvalue weighted by Gasteiger charge is 2.22. The fourth-order valence-electron chi connectivity index (χ4n) is 2.61. The summed E-state index contributed by atoms with van der Waals surface area (Å²) in [5.41, 5.74) is 0. The van der Waals surface area contributed by atoms with Gasteiger partial charge in [-0.15, -0.1) is 0 Å². The Morgan fingerprint density at radius 3 is 2.38 bits per heavy atom. The summed E-state index contributed by atoms with van der Waals surface area (Å²) in [4.78, 5) is 25.0. The van der Waals surface area contributed by atoms with Gasteiger partial charge in [0, 0.05) is 13.1 Å². The summed E-state index contributed by atoms with van der Waals surface area (Å²) in [5.74, 6) is -0.716. The maximum Gasteiger partial charge on any atom is 0.314 e. The molecule has 0 aromatic carbocycles. The van der Waals surface area contributed by atoms with E-state index in [1.165, 1.54) is 12.8 Å². The van der Waals surface area contributed by atoms with Crippen LogP contribution >= 0.6 is 0 Å². The highest BCUT2D eigenvalue weighted by atomic mass is 16.4. The van der Waals surface area contributed by atoms with E-state index in [-0.39, 0.29) is 18.5 Å². The molecule has 1 atom stereocenters. The fourth-order valence-corrected chi connectivity index (χ4v) is 2.61. The third kappa shape index (κ3) is 6.80. The molecule has 6 heteroatoms. The highest BCUT2D eigenvalue weighted by Crippen LogP contribution is 2.18. The van der Waals surface area contributed by atoms with Crippen molar-refractivity contribution in [1.29, 1.82) is 0 Å². The van der Waals surface area contributed by atoms with E-state index in [1.807, 2.05) is 13.8 Å². The van der Waals surface area contributed by atoms with Gasteiger partial charge in [-0.05, 0) is 51.2 Å². The molecule has 0 aliphatic carbocycles. The second-order valence-corrected chi connectivity index (χ2v) is 6.36. The fraction of sp³-hybridized carbons (Fsp3) is 0.867. The zero-order chi connectivity index (χ0) is 15.8. The lowest BCUT2D eigenvalue weighted by Crippen LogP contribution is -2.42. The van der Waals surface area contributed by atoms with Crippen LogP contribution in [0, 0.1) is 17.8 Å². The van der Waals surface area contributed by atoms with Gasteiger partial charge in [-0.3, -0.25) is 4.79 Å². The average molecular weight is 299 g/mol. The predicted octanol–water partition coefficient (Wildman–Crippen LogP) is 1.37. The third-order valence-electron chi connectivity index (χ3n) is 4.28. The van der Waals surface area contributed by atoms with Gasteiger partial charge in [0.15, 0.2) is 0 Å².